The van der Waals surface area contributed by atoms with Crippen molar-refractivity contribution in [3.63, 3.8) is 0 Å². The number of hydrogen-bond acceptors (Lipinski definition) is 4. The van der Waals surface area contributed by atoms with E-state index < -0.39 is 0 Å². The van der Waals surface area contributed by atoms with E-state index in [9.17, 15) is 4.79 Å². The fourth-order valence-corrected chi connectivity index (χ4v) is 3.88. The Hall–Kier alpha value is -1.73. The molecule has 7 heteroatoms. The summed E-state index contributed by atoms with van der Waals surface area (Å²) >= 11 is 3.82. The van der Waals surface area contributed by atoms with E-state index in [0.29, 0.717) is 17.3 Å². The molecule has 1 fully saturated rings. The Labute approximate surface area is 128 Å². The first kappa shape index (κ1) is 13.0. The first-order valence-corrected chi connectivity index (χ1v) is 7.49. The normalized spacial score (nSPS) is 25.3. The van der Waals surface area contributed by atoms with Crippen LogP contribution in [0.2, 0.25) is 0 Å². The average Bonchev–Trinajstić information content (AvgIpc) is 2.84. The van der Waals surface area contributed by atoms with Crippen LogP contribution in [0.25, 0.3) is 22.1 Å². The number of aromatic nitrogens is 4. The number of nitrogens with one attached hydrogen (secondary N) is 2. The lowest BCUT2D eigenvalue weighted by atomic mass is 9.77. The number of nitrogens with zero attached hydrogens (tertiary/aromatic N) is 2. The molecule has 108 valence electrons. The Morgan fingerprint density at radius 2 is 2.14 bits per heavy atom. The highest BCUT2D eigenvalue weighted by Crippen LogP contribution is 2.50. The number of benzene rings is 1. The van der Waals surface area contributed by atoms with Gasteiger partial charge in [-0.05, 0) is 30.5 Å². The molecule has 1 aliphatic rings. The summed E-state index contributed by atoms with van der Waals surface area (Å²) in [6.45, 7) is 0. The lowest BCUT2D eigenvalue weighted by molar-refractivity contribution is 0.0168. The molecule has 2 N–H and O–H groups in total. The number of imidazole rings is 1. The van der Waals surface area contributed by atoms with E-state index in [1.807, 2.05) is 12.1 Å². The van der Waals surface area contributed by atoms with Gasteiger partial charge in [0.15, 0.2) is 5.65 Å². The van der Waals surface area contributed by atoms with Crippen LogP contribution in [0.5, 0.6) is 0 Å². The van der Waals surface area contributed by atoms with Gasteiger partial charge in [-0.2, -0.15) is 0 Å². The van der Waals surface area contributed by atoms with E-state index in [4.69, 9.17) is 4.74 Å². The van der Waals surface area contributed by atoms with Crippen LogP contribution in [0.1, 0.15) is 18.4 Å². The maximum Gasteiger partial charge on any atom is 0.325 e. The third kappa shape index (κ3) is 1.91. The van der Waals surface area contributed by atoms with Gasteiger partial charge in [0.1, 0.15) is 0 Å². The van der Waals surface area contributed by atoms with Crippen molar-refractivity contribution >= 4 is 38.0 Å². The molecule has 21 heavy (non-hydrogen) atoms. The van der Waals surface area contributed by atoms with E-state index in [1.54, 1.807) is 7.11 Å². The van der Waals surface area contributed by atoms with Crippen LogP contribution in [-0.4, -0.2) is 33.4 Å². The van der Waals surface area contributed by atoms with Crippen LogP contribution in [-0.2, 0) is 9.06 Å². The van der Waals surface area contributed by atoms with Gasteiger partial charge in [0, 0.05) is 12.5 Å². The van der Waals surface area contributed by atoms with Crippen molar-refractivity contribution in [1.82, 2.24) is 20.2 Å². The number of aromatic amines is 2. The quantitative estimate of drug-likeness (QED) is 0.695. The lowest BCUT2D eigenvalue weighted by Crippen LogP contribution is -2.40. The molecule has 0 unspecified atom stereocenters. The molecule has 1 saturated carbocycles. The van der Waals surface area contributed by atoms with Crippen LogP contribution in [0.4, 0.5) is 0 Å². The van der Waals surface area contributed by atoms with Crippen LogP contribution in [0.15, 0.2) is 23.0 Å². The van der Waals surface area contributed by atoms with Crippen molar-refractivity contribution in [2.75, 3.05) is 7.11 Å². The number of fused-ring (bicyclic) bond motifs is 3. The molecule has 0 saturated heterocycles. The molecule has 1 aromatic carbocycles. The minimum atomic E-state index is -0.270. The number of H-pyrrole nitrogens is 2. The number of alkyl halides is 1. The predicted octanol–water partition coefficient (Wildman–Crippen LogP) is 2.20. The fourth-order valence-electron chi connectivity index (χ4n) is 2.91. The van der Waals surface area contributed by atoms with Crippen LogP contribution >= 0.6 is 15.9 Å². The zero-order valence-corrected chi connectivity index (χ0v) is 12.9. The van der Waals surface area contributed by atoms with Crippen molar-refractivity contribution in [3.05, 3.63) is 34.2 Å². The number of halogens is 1. The molecule has 0 aliphatic heterocycles. The average molecular weight is 349 g/mol. The third-order valence-electron chi connectivity index (χ3n) is 4.18. The van der Waals surface area contributed by atoms with Crippen molar-refractivity contribution in [2.24, 2.45) is 0 Å². The van der Waals surface area contributed by atoms with Gasteiger partial charge in [-0.3, -0.25) is 4.98 Å². The smallest absolute Gasteiger partial charge is 0.325 e. The number of methoxy groups -OCH3 is 1. The molecular formula is C14H13BrN4O2. The van der Waals surface area contributed by atoms with Crippen molar-refractivity contribution in [3.8, 4) is 0 Å². The van der Waals surface area contributed by atoms with Gasteiger partial charge in [0.2, 0.25) is 0 Å². The van der Waals surface area contributed by atoms with Crippen LogP contribution in [0, 0.1) is 0 Å². The van der Waals surface area contributed by atoms with Gasteiger partial charge in [0.25, 0.3) is 0 Å². The minimum Gasteiger partial charge on any atom is -0.381 e. The first-order valence-electron chi connectivity index (χ1n) is 6.70. The third-order valence-corrected chi connectivity index (χ3v) is 5.29. The Morgan fingerprint density at radius 1 is 1.33 bits per heavy atom. The Balaban J connectivity index is 1.89. The van der Waals surface area contributed by atoms with E-state index in [2.05, 4.69) is 42.2 Å². The van der Waals surface area contributed by atoms with E-state index in [1.165, 1.54) is 5.56 Å². The number of hydrogen-bond donors (Lipinski definition) is 2. The summed E-state index contributed by atoms with van der Waals surface area (Å²) in [4.78, 5) is 16.9. The second kappa shape index (κ2) is 4.38. The summed E-state index contributed by atoms with van der Waals surface area (Å²) in [6.07, 6.45) is 2.16. The highest BCUT2D eigenvalue weighted by atomic mass is 79.9. The topological polar surface area (TPSA) is 83.7 Å². The number of rotatable bonds is 2. The highest BCUT2D eigenvalue weighted by molar-refractivity contribution is 9.09. The zero-order chi connectivity index (χ0) is 14.6. The monoisotopic (exact) mass is 348 g/mol. The molecule has 3 aromatic rings. The molecule has 0 amide bonds. The van der Waals surface area contributed by atoms with Gasteiger partial charge < -0.3 is 9.72 Å². The first-order chi connectivity index (χ1) is 10.1. The molecule has 0 bridgehead atoms. The van der Waals surface area contributed by atoms with Gasteiger partial charge in [-0.25, -0.2) is 4.79 Å². The van der Waals surface area contributed by atoms with Gasteiger partial charge >= 0.3 is 5.69 Å². The Kier molecular flexibility index (Phi) is 2.71. The molecule has 4 rings (SSSR count). The maximum absolute atomic E-state index is 11.5. The van der Waals surface area contributed by atoms with E-state index in [0.717, 1.165) is 23.7 Å². The minimum absolute atomic E-state index is 0.0614. The standard InChI is InChI=1S/C14H13BrN4O2/c1-21-8-5-14(15,6-8)7-2-3-10-9(4-7)11-12(19-18-10)17-13(20)16-11/h2-4,8H,5-6H2,1H3,(H2,16,17,19,20). The lowest BCUT2D eigenvalue weighted by Gasteiger charge is -2.43. The summed E-state index contributed by atoms with van der Waals surface area (Å²) in [7, 11) is 1.74. The highest BCUT2D eigenvalue weighted by Gasteiger charge is 2.43. The molecule has 6 nitrogen and oxygen atoms in total. The summed E-state index contributed by atoms with van der Waals surface area (Å²) < 4.78 is 5.30. The van der Waals surface area contributed by atoms with Crippen molar-refractivity contribution < 1.29 is 4.74 Å². The summed E-state index contributed by atoms with van der Waals surface area (Å²) in [6, 6.07) is 6.05. The largest absolute Gasteiger partial charge is 0.381 e. The number of ether oxygens (including phenoxy) is 1. The SMILES string of the molecule is COC1CC(Br)(c2ccc3nnc4[nH]c(=O)[nH]c4c3c2)C1. The molecular weight excluding hydrogens is 336 g/mol. The summed E-state index contributed by atoms with van der Waals surface area (Å²) in [5, 5.41) is 9.05. The summed E-state index contributed by atoms with van der Waals surface area (Å²) in [5.41, 5.74) is 2.84. The molecule has 0 spiro atoms. The molecule has 1 aliphatic carbocycles. The second-order valence-electron chi connectivity index (χ2n) is 5.47. The van der Waals surface area contributed by atoms with Gasteiger partial charge in [-0.15, -0.1) is 10.2 Å². The molecule has 0 radical (unpaired) electrons. The maximum atomic E-state index is 11.5. The second-order valence-corrected chi connectivity index (χ2v) is 6.98. The Morgan fingerprint density at radius 3 is 2.90 bits per heavy atom. The van der Waals surface area contributed by atoms with Crippen molar-refractivity contribution in [1.29, 1.82) is 0 Å². The van der Waals surface area contributed by atoms with Crippen LogP contribution in [0.3, 0.4) is 0 Å². The van der Waals surface area contributed by atoms with Crippen molar-refractivity contribution in [2.45, 2.75) is 23.3 Å². The predicted molar refractivity (Wildman–Crippen MR) is 82.7 cm³/mol. The zero-order valence-electron chi connectivity index (χ0n) is 11.3. The fraction of sp³-hybridized carbons (Fsp3) is 0.357. The van der Waals surface area contributed by atoms with E-state index in [-0.39, 0.29) is 10.0 Å². The van der Waals surface area contributed by atoms with Gasteiger partial charge in [0.05, 0.1) is 21.5 Å². The van der Waals surface area contributed by atoms with E-state index >= 15 is 0 Å². The summed E-state index contributed by atoms with van der Waals surface area (Å²) in [5.74, 6) is 0. The van der Waals surface area contributed by atoms with Crippen LogP contribution < -0.4 is 5.69 Å². The van der Waals surface area contributed by atoms with Gasteiger partial charge in [-0.1, -0.05) is 22.0 Å². The molecule has 0 atom stereocenters. The Bertz CT molecular complexity index is 895. The molecule has 2 heterocycles. The molecule has 2 aromatic heterocycles.